The highest BCUT2D eigenvalue weighted by Crippen LogP contribution is 2.28. The molecule has 1 heterocycles. The van der Waals surface area contributed by atoms with Gasteiger partial charge in [0, 0.05) is 16.3 Å². The fourth-order valence-corrected chi connectivity index (χ4v) is 2.41. The number of nitrogens with zero attached hydrogens (tertiary/aromatic N) is 2. The van der Waals surface area contributed by atoms with Crippen LogP contribution in [-0.4, -0.2) is 10.1 Å². The average Bonchev–Trinajstić information content (AvgIpc) is 2.90. The van der Waals surface area contributed by atoms with Gasteiger partial charge in [0.1, 0.15) is 0 Å². The van der Waals surface area contributed by atoms with Gasteiger partial charge in [-0.05, 0) is 35.9 Å². The number of halogens is 2. The number of anilines is 1. The number of nitrogens with two attached hydrogens (primary N) is 1. The fourth-order valence-electron chi connectivity index (χ4n) is 1.92. The van der Waals surface area contributed by atoms with Crippen LogP contribution >= 0.6 is 23.2 Å². The molecular formula is C15H11Cl2N3O. The van der Waals surface area contributed by atoms with Gasteiger partial charge in [0.2, 0.25) is 11.7 Å². The Hall–Kier alpha value is -2.04. The fraction of sp³-hybridized carbons (Fsp3) is 0.0667. The Morgan fingerprint density at radius 1 is 1.05 bits per heavy atom. The Labute approximate surface area is 131 Å². The number of nitrogen functional groups attached to an aromatic ring is 1. The largest absolute Gasteiger partial charge is 0.399 e. The normalized spacial score (nSPS) is 10.8. The molecule has 0 aliphatic rings. The van der Waals surface area contributed by atoms with Crippen LogP contribution in [0, 0.1) is 0 Å². The van der Waals surface area contributed by atoms with E-state index in [1.54, 1.807) is 18.2 Å². The third kappa shape index (κ3) is 3.17. The number of hydrogen-bond donors (Lipinski definition) is 1. The lowest BCUT2D eigenvalue weighted by atomic mass is 10.1. The van der Waals surface area contributed by atoms with E-state index in [2.05, 4.69) is 10.1 Å². The first-order chi connectivity index (χ1) is 10.1. The summed E-state index contributed by atoms with van der Waals surface area (Å²) >= 11 is 12.0. The summed E-state index contributed by atoms with van der Waals surface area (Å²) in [4.78, 5) is 4.35. The summed E-state index contributed by atoms with van der Waals surface area (Å²) in [5, 5.41) is 5.00. The number of aromatic nitrogens is 2. The monoisotopic (exact) mass is 319 g/mol. The summed E-state index contributed by atoms with van der Waals surface area (Å²) in [7, 11) is 0. The third-order valence-corrected chi connectivity index (χ3v) is 3.52. The van der Waals surface area contributed by atoms with Gasteiger partial charge in [-0.25, -0.2) is 0 Å². The summed E-state index contributed by atoms with van der Waals surface area (Å²) in [5.41, 5.74) is 8.10. The van der Waals surface area contributed by atoms with Crippen LogP contribution in [0.2, 0.25) is 10.0 Å². The van der Waals surface area contributed by atoms with E-state index in [-0.39, 0.29) is 0 Å². The molecule has 0 fully saturated rings. The van der Waals surface area contributed by atoms with Crippen molar-refractivity contribution in [1.29, 1.82) is 0 Å². The molecule has 0 saturated heterocycles. The molecule has 0 saturated carbocycles. The smallest absolute Gasteiger partial charge is 0.231 e. The molecule has 0 spiro atoms. The summed E-state index contributed by atoms with van der Waals surface area (Å²) in [6, 6.07) is 12.7. The second-order valence-electron chi connectivity index (χ2n) is 4.55. The maximum absolute atomic E-state index is 6.13. The average molecular weight is 320 g/mol. The van der Waals surface area contributed by atoms with E-state index in [0.29, 0.717) is 33.7 Å². The van der Waals surface area contributed by atoms with Crippen LogP contribution in [0.25, 0.3) is 11.4 Å². The summed E-state index contributed by atoms with van der Waals surface area (Å²) < 4.78 is 5.25. The van der Waals surface area contributed by atoms with Crippen LogP contribution in [0.4, 0.5) is 5.69 Å². The molecule has 0 radical (unpaired) electrons. The van der Waals surface area contributed by atoms with Gasteiger partial charge in [0.15, 0.2) is 0 Å². The maximum Gasteiger partial charge on any atom is 0.231 e. The first-order valence-corrected chi connectivity index (χ1v) is 7.00. The predicted molar refractivity (Wildman–Crippen MR) is 83.4 cm³/mol. The third-order valence-electron chi connectivity index (χ3n) is 2.98. The number of rotatable bonds is 3. The van der Waals surface area contributed by atoms with Gasteiger partial charge >= 0.3 is 0 Å². The Bertz CT molecular complexity index is 769. The van der Waals surface area contributed by atoms with Crippen molar-refractivity contribution >= 4 is 28.9 Å². The van der Waals surface area contributed by atoms with E-state index in [1.165, 1.54) is 0 Å². The summed E-state index contributed by atoms with van der Waals surface area (Å²) in [6.45, 7) is 0. The topological polar surface area (TPSA) is 64.9 Å². The van der Waals surface area contributed by atoms with Crippen molar-refractivity contribution in [2.45, 2.75) is 6.42 Å². The van der Waals surface area contributed by atoms with Gasteiger partial charge in [0.05, 0.1) is 11.4 Å². The van der Waals surface area contributed by atoms with Gasteiger partial charge in [-0.1, -0.05) is 40.5 Å². The second-order valence-corrected chi connectivity index (χ2v) is 5.40. The first-order valence-electron chi connectivity index (χ1n) is 6.24. The molecule has 3 rings (SSSR count). The minimum atomic E-state index is 0.446. The zero-order valence-electron chi connectivity index (χ0n) is 10.9. The zero-order valence-corrected chi connectivity index (χ0v) is 12.4. The molecule has 0 amide bonds. The van der Waals surface area contributed by atoms with Crippen molar-refractivity contribution in [3.8, 4) is 11.4 Å². The number of hydrogen-bond acceptors (Lipinski definition) is 4. The highest BCUT2D eigenvalue weighted by molar-refractivity contribution is 6.36. The van der Waals surface area contributed by atoms with Gasteiger partial charge in [-0.3, -0.25) is 0 Å². The standard InChI is InChI=1S/C15H11Cl2N3O/c16-10-3-6-12(13(17)8-10)15-19-14(21-20-15)7-9-1-4-11(18)5-2-9/h1-6,8H,7,18H2. The Kier molecular flexibility index (Phi) is 3.82. The minimum absolute atomic E-state index is 0.446. The highest BCUT2D eigenvalue weighted by Gasteiger charge is 2.12. The van der Waals surface area contributed by atoms with Crippen LogP contribution < -0.4 is 5.73 Å². The molecule has 0 unspecified atom stereocenters. The van der Waals surface area contributed by atoms with Gasteiger partial charge in [-0.2, -0.15) is 4.98 Å². The van der Waals surface area contributed by atoms with Crippen LogP contribution in [0.3, 0.4) is 0 Å². The quantitative estimate of drug-likeness (QED) is 0.734. The predicted octanol–water partition coefficient (Wildman–Crippen LogP) is 4.22. The minimum Gasteiger partial charge on any atom is -0.399 e. The van der Waals surface area contributed by atoms with Crippen molar-refractivity contribution in [3.63, 3.8) is 0 Å². The first kappa shape index (κ1) is 13.9. The van der Waals surface area contributed by atoms with Crippen LogP contribution in [0.1, 0.15) is 11.5 Å². The Balaban J connectivity index is 1.84. The highest BCUT2D eigenvalue weighted by atomic mass is 35.5. The molecule has 2 aromatic carbocycles. The van der Waals surface area contributed by atoms with Crippen LogP contribution in [-0.2, 0) is 6.42 Å². The molecule has 2 N–H and O–H groups in total. The van der Waals surface area contributed by atoms with Gasteiger partial charge in [0.25, 0.3) is 0 Å². The van der Waals surface area contributed by atoms with Crippen LogP contribution in [0.5, 0.6) is 0 Å². The van der Waals surface area contributed by atoms with Crippen molar-refractivity contribution in [2.75, 3.05) is 5.73 Å². The molecule has 21 heavy (non-hydrogen) atoms. The van der Waals surface area contributed by atoms with E-state index < -0.39 is 0 Å². The SMILES string of the molecule is Nc1ccc(Cc2nc(-c3ccc(Cl)cc3Cl)no2)cc1. The number of benzene rings is 2. The van der Waals surface area contributed by atoms with Crippen molar-refractivity contribution in [1.82, 2.24) is 10.1 Å². The molecule has 0 bridgehead atoms. The molecule has 0 atom stereocenters. The van der Waals surface area contributed by atoms with Crippen molar-refractivity contribution in [3.05, 3.63) is 64.0 Å². The summed E-state index contributed by atoms with van der Waals surface area (Å²) in [6.07, 6.45) is 0.540. The maximum atomic E-state index is 6.13. The van der Waals surface area contributed by atoms with Gasteiger partial charge < -0.3 is 10.3 Å². The lowest BCUT2D eigenvalue weighted by Crippen LogP contribution is -1.90. The molecule has 0 aliphatic heterocycles. The van der Waals surface area contributed by atoms with Crippen molar-refractivity contribution in [2.24, 2.45) is 0 Å². The Morgan fingerprint density at radius 2 is 1.81 bits per heavy atom. The molecular weight excluding hydrogens is 309 g/mol. The molecule has 6 heteroatoms. The van der Waals surface area contributed by atoms with E-state index in [1.807, 2.05) is 24.3 Å². The lowest BCUT2D eigenvalue weighted by molar-refractivity contribution is 0.385. The Morgan fingerprint density at radius 3 is 2.52 bits per heavy atom. The van der Waals surface area contributed by atoms with Crippen LogP contribution in [0.15, 0.2) is 47.0 Å². The van der Waals surface area contributed by atoms with E-state index in [4.69, 9.17) is 33.5 Å². The summed E-state index contributed by atoms with van der Waals surface area (Å²) in [5.74, 6) is 0.961. The zero-order chi connectivity index (χ0) is 14.8. The van der Waals surface area contributed by atoms with Gasteiger partial charge in [-0.15, -0.1) is 0 Å². The molecule has 4 nitrogen and oxygen atoms in total. The molecule has 106 valence electrons. The van der Waals surface area contributed by atoms with E-state index >= 15 is 0 Å². The molecule has 1 aromatic heterocycles. The molecule has 0 aliphatic carbocycles. The second kappa shape index (κ2) is 5.76. The lowest BCUT2D eigenvalue weighted by Gasteiger charge is -1.99. The van der Waals surface area contributed by atoms with E-state index in [9.17, 15) is 0 Å². The van der Waals surface area contributed by atoms with Crippen molar-refractivity contribution < 1.29 is 4.52 Å². The van der Waals surface area contributed by atoms with E-state index in [0.717, 1.165) is 11.3 Å². The molecule has 3 aromatic rings.